The summed E-state index contributed by atoms with van der Waals surface area (Å²) in [5, 5.41) is 5.54. The molecule has 3 rings (SSSR count). The first-order valence-electron chi connectivity index (χ1n) is 6.32. The molecule has 0 unspecified atom stereocenters. The van der Waals surface area contributed by atoms with Gasteiger partial charge in [-0.05, 0) is 49.2 Å². The lowest BCUT2D eigenvalue weighted by Gasteiger charge is -2.24. The average Bonchev–Trinajstić information content (AvgIpc) is 2.93. The Morgan fingerprint density at radius 3 is 3.12 bits per heavy atom. The second-order valence-corrected chi connectivity index (χ2v) is 6.02. The van der Waals surface area contributed by atoms with Crippen LogP contribution in [0.25, 0.3) is 0 Å². The molecule has 0 bridgehead atoms. The van der Waals surface area contributed by atoms with Gasteiger partial charge in [-0.15, -0.1) is 11.3 Å². The van der Waals surface area contributed by atoms with E-state index in [1.165, 1.54) is 12.8 Å². The van der Waals surface area contributed by atoms with E-state index in [1.807, 2.05) is 23.3 Å². The van der Waals surface area contributed by atoms with Crippen LogP contribution in [0.3, 0.4) is 0 Å². The molecule has 1 N–H and O–H groups in total. The summed E-state index contributed by atoms with van der Waals surface area (Å²) >= 11 is 1.57. The van der Waals surface area contributed by atoms with Gasteiger partial charge in [0.25, 0.3) is 5.91 Å². The molecule has 2 aliphatic heterocycles. The second-order valence-electron chi connectivity index (χ2n) is 5.11. The van der Waals surface area contributed by atoms with Crippen molar-refractivity contribution < 1.29 is 4.79 Å². The van der Waals surface area contributed by atoms with E-state index in [0.29, 0.717) is 12.0 Å². The normalized spacial score (nSPS) is 28.2. The zero-order chi connectivity index (χ0) is 11.8. The maximum atomic E-state index is 12.4. The first-order valence-corrected chi connectivity index (χ1v) is 7.20. The minimum atomic E-state index is 0.230. The molecule has 0 aromatic carbocycles. The molecule has 4 heteroatoms. The lowest BCUT2D eigenvalue weighted by molar-refractivity contribution is 0.0790. The van der Waals surface area contributed by atoms with E-state index in [0.717, 1.165) is 30.1 Å². The summed E-state index contributed by atoms with van der Waals surface area (Å²) < 4.78 is 0. The number of likely N-dealkylation sites (tertiary alicyclic amines) is 1. The van der Waals surface area contributed by atoms with Crippen LogP contribution < -0.4 is 5.32 Å². The topological polar surface area (TPSA) is 32.3 Å². The Kier molecular flexibility index (Phi) is 2.92. The summed E-state index contributed by atoms with van der Waals surface area (Å²) in [5.41, 5.74) is 1.11. The van der Waals surface area contributed by atoms with Gasteiger partial charge in [-0.2, -0.15) is 0 Å². The number of thiophene rings is 1. The molecule has 1 aromatic rings. The quantitative estimate of drug-likeness (QED) is 0.825. The molecule has 0 radical (unpaired) electrons. The summed E-state index contributed by atoms with van der Waals surface area (Å²) in [5.74, 6) is 0.904. The Hall–Kier alpha value is -0.870. The van der Waals surface area contributed by atoms with Gasteiger partial charge in [-0.1, -0.05) is 0 Å². The number of nitrogens with one attached hydrogen (secondary N) is 1. The van der Waals surface area contributed by atoms with E-state index >= 15 is 0 Å². The van der Waals surface area contributed by atoms with Gasteiger partial charge in [-0.25, -0.2) is 0 Å². The predicted octanol–water partition coefficient (Wildman–Crippen LogP) is 1.88. The predicted molar refractivity (Wildman–Crippen MR) is 69.5 cm³/mol. The number of aryl methyl sites for hydroxylation is 1. The number of hydrogen-bond acceptors (Lipinski definition) is 3. The van der Waals surface area contributed by atoms with E-state index in [9.17, 15) is 4.79 Å². The number of nitrogens with zero attached hydrogens (tertiary/aromatic N) is 1. The third kappa shape index (κ3) is 2.00. The Morgan fingerprint density at radius 2 is 2.41 bits per heavy atom. The molecule has 92 valence electrons. The van der Waals surface area contributed by atoms with Crippen molar-refractivity contribution in [2.75, 3.05) is 19.6 Å². The third-order valence-corrected chi connectivity index (χ3v) is 4.95. The first-order chi connectivity index (χ1) is 8.25. The number of amides is 1. The third-order valence-electron chi connectivity index (χ3n) is 3.94. The van der Waals surface area contributed by atoms with Crippen molar-refractivity contribution in [3.63, 3.8) is 0 Å². The average molecular weight is 250 g/mol. The first kappa shape index (κ1) is 11.2. The largest absolute Gasteiger partial charge is 0.336 e. The summed E-state index contributed by atoms with van der Waals surface area (Å²) in [6.45, 7) is 4.96. The van der Waals surface area contributed by atoms with Crippen LogP contribution in [0.5, 0.6) is 0 Å². The zero-order valence-electron chi connectivity index (χ0n) is 10.1. The van der Waals surface area contributed by atoms with Crippen LogP contribution in [0.4, 0.5) is 0 Å². The van der Waals surface area contributed by atoms with Crippen molar-refractivity contribution in [1.82, 2.24) is 10.2 Å². The summed E-state index contributed by atoms with van der Waals surface area (Å²) in [6, 6.07) is 2.56. The van der Waals surface area contributed by atoms with Gasteiger partial charge in [0.1, 0.15) is 0 Å². The fraction of sp³-hybridized carbons (Fsp3) is 0.615. The van der Waals surface area contributed by atoms with Crippen LogP contribution in [0, 0.1) is 12.8 Å². The molecule has 2 saturated heterocycles. The van der Waals surface area contributed by atoms with Crippen LogP contribution in [0.1, 0.15) is 28.1 Å². The van der Waals surface area contributed by atoms with Gasteiger partial charge < -0.3 is 10.2 Å². The van der Waals surface area contributed by atoms with Crippen LogP contribution in [0.2, 0.25) is 0 Å². The standard InChI is InChI=1S/C13H18N2OS/c1-9-4-6-17-12(9)13(16)15-7-10-3-2-5-14-11(10)8-15/h4,6,10-11,14H,2-3,5,7-8H2,1H3/t10-,11+/m0/s1. The molecule has 17 heavy (non-hydrogen) atoms. The van der Waals surface area contributed by atoms with Crippen LogP contribution in [0.15, 0.2) is 11.4 Å². The van der Waals surface area contributed by atoms with Gasteiger partial charge >= 0.3 is 0 Å². The number of rotatable bonds is 1. The van der Waals surface area contributed by atoms with Crippen molar-refractivity contribution in [2.24, 2.45) is 5.92 Å². The van der Waals surface area contributed by atoms with Crippen LogP contribution >= 0.6 is 11.3 Å². The molecule has 1 aromatic heterocycles. The minimum Gasteiger partial charge on any atom is -0.336 e. The van der Waals surface area contributed by atoms with Gasteiger partial charge in [-0.3, -0.25) is 4.79 Å². The fourth-order valence-corrected chi connectivity index (χ4v) is 3.84. The van der Waals surface area contributed by atoms with E-state index in [1.54, 1.807) is 11.3 Å². The maximum Gasteiger partial charge on any atom is 0.264 e. The summed E-state index contributed by atoms with van der Waals surface area (Å²) in [7, 11) is 0. The summed E-state index contributed by atoms with van der Waals surface area (Å²) in [4.78, 5) is 15.3. The van der Waals surface area contributed by atoms with Crippen molar-refractivity contribution >= 4 is 17.2 Å². The zero-order valence-corrected chi connectivity index (χ0v) is 10.9. The highest BCUT2D eigenvalue weighted by atomic mass is 32.1. The molecule has 3 heterocycles. The van der Waals surface area contributed by atoms with E-state index in [-0.39, 0.29) is 5.91 Å². The molecule has 0 aliphatic carbocycles. The van der Waals surface area contributed by atoms with Gasteiger partial charge in [0.2, 0.25) is 0 Å². The molecule has 1 amide bonds. The number of piperidine rings is 1. The van der Waals surface area contributed by atoms with Crippen molar-refractivity contribution in [3.8, 4) is 0 Å². The van der Waals surface area contributed by atoms with E-state index in [2.05, 4.69) is 5.32 Å². The van der Waals surface area contributed by atoms with Crippen molar-refractivity contribution in [2.45, 2.75) is 25.8 Å². The van der Waals surface area contributed by atoms with Crippen molar-refractivity contribution in [1.29, 1.82) is 0 Å². The molecule has 2 fully saturated rings. The number of carbonyl (C=O) groups is 1. The highest BCUT2D eigenvalue weighted by molar-refractivity contribution is 7.12. The fourth-order valence-electron chi connectivity index (χ4n) is 2.95. The molecule has 2 aliphatic rings. The van der Waals surface area contributed by atoms with E-state index in [4.69, 9.17) is 0 Å². The number of fused-ring (bicyclic) bond motifs is 1. The van der Waals surface area contributed by atoms with Gasteiger partial charge in [0, 0.05) is 19.1 Å². The second kappa shape index (κ2) is 4.42. The summed E-state index contributed by atoms with van der Waals surface area (Å²) in [6.07, 6.45) is 2.52. The molecule has 2 atom stereocenters. The molecular weight excluding hydrogens is 232 g/mol. The Balaban J connectivity index is 1.74. The Morgan fingerprint density at radius 1 is 1.53 bits per heavy atom. The number of hydrogen-bond donors (Lipinski definition) is 1. The lowest BCUT2D eigenvalue weighted by atomic mass is 9.94. The smallest absolute Gasteiger partial charge is 0.264 e. The maximum absolute atomic E-state index is 12.4. The number of carbonyl (C=O) groups excluding carboxylic acids is 1. The SMILES string of the molecule is Cc1ccsc1C(=O)N1C[C@@H]2CCCN[C@@H]2C1. The molecular formula is C13H18N2OS. The van der Waals surface area contributed by atoms with Crippen molar-refractivity contribution in [3.05, 3.63) is 21.9 Å². The molecule has 0 saturated carbocycles. The van der Waals surface area contributed by atoms with Gasteiger partial charge in [0.15, 0.2) is 0 Å². The molecule has 0 spiro atoms. The van der Waals surface area contributed by atoms with Crippen LogP contribution in [-0.4, -0.2) is 36.5 Å². The van der Waals surface area contributed by atoms with Crippen LogP contribution in [-0.2, 0) is 0 Å². The Bertz CT molecular complexity index is 415. The van der Waals surface area contributed by atoms with Gasteiger partial charge in [0.05, 0.1) is 4.88 Å². The lowest BCUT2D eigenvalue weighted by Crippen LogP contribution is -2.41. The monoisotopic (exact) mass is 250 g/mol. The molecule has 3 nitrogen and oxygen atoms in total. The minimum absolute atomic E-state index is 0.230. The highest BCUT2D eigenvalue weighted by Gasteiger charge is 2.37. The Labute approximate surface area is 106 Å². The van der Waals surface area contributed by atoms with E-state index < -0.39 is 0 Å². The highest BCUT2D eigenvalue weighted by Crippen LogP contribution is 2.27.